The number of hydrogen-bond acceptors (Lipinski definition) is 4. The molecule has 3 nitrogen and oxygen atoms in total. The van der Waals surface area contributed by atoms with Crippen molar-refractivity contribution in [1.82, 2.24) is 10.3 Å². The van der Waals surface area contributed by atoms with Gasteiger partial charge in [0.05, 0.1) is 6.10 Å². The Morgan fingerprint density at radius 2 is 2.57 bits per heavy atom. The summed E-state index contributed by atoms with van der Waals surface area (Å²) in [7, 11) is 0. The van der Waals surface area contributed by atoms with E-state index in [1.807, 2.05) is 11.6 Å². The molecular weight excluding hydrogens is 196 g/mol. The molecule has 1 N–H and O–H groups in total. The number of aromatic nitrogens is 1. The molecule has 2 heterocycles. The molecule has 0 aromatic carbocycles. The fourth-order valence-electron chi connectivity index (χ4n) is 1.65. The third-order valence-electron chi connectivity index (χ3n) is 2.41. The standard InChI is InChI=1S/C10H16N2OS/c1-2-5-13-9(3-1)7-11-8-10-12-4-6-14-10/h4,6,9,11H,1-3,5,7-8H2. The fraction of sp³-hybridized carbons (Fsp3) is 0.700. The minimum atomic E-state index is 0.420. The monoisotopic (exact) mass is 212 g/mol. The second kappa shape index (κ2) is 5.44. The van der Waals surface area contributed by atoms with Gasteiger partial charge in [-0.05, 0) is 19.3 Å². The molecule has 1 atom stereocenters. The first-order valence-electron chi connectivity index (χ1n) is 5.16. The van der Waals surface area contributed by atoms with Crippen LogP contribution in [0.4, 0.5) is 0 Å². The van der Waals surface area contributed by atoms with Gasteiger partial charge >= 0.3 is 0 Å². The molecule has 14 heavy (non-hydrogen) atoms. The first-order chi connectivity index (χ1) is 6.95. The topological polar surface area (TPSA) is 34.1 Å². The lowest BCUT2D eigenvalue weighted by Crippen LogP contribution is -2.31. The minimum absolute atomic E-state index is 0.420. The van der Waals surface area contributed by atoms with Gasteiger partial charge in [-0.2, -0.15) is 0 Å². The first kappa shape index (κ1) is 10.1. The quantitative estimate of drug-likeness (QED) is 0.826. The molecule has 1 unspecified atom stereocenters. The molecule has 1 aromatic heterocycles. The second-order valence-electron chi connectivity index (χ2n) is 3.55. The summed E-state index contributed by atoms with van der Waals surface area (Å²) in [6, 6.07) is 0. The molecule has 1 saturated heterocycles. The number of hydrogen-bond donors (Lipinski definition) is 1. The lowest BCUT2D eigenvalue weighted by atomic mass is 10.1. The minimum Gasteiger partial charge on any atom is -0.377 e. The highest BCUT2D eigenvalue weighted by Crippen LogP contribution is 2.11. The molecule has 78 valence electrons. The van der Waals surface area contributed by atoms with Crippen LogP contribution in [0.15, 0.2) is 11.6 Å². The average molecular weight is 212 g/mol. The van der Waals surface area contributed by atoms with Gasteiger partial charge in [0.2, 0.25) is 0 Å². The summed E-state index contributed by atoms with van der Waals surface area (Å²) in [5.74, 6) is 0. The Labute approximate surface area is 88.5 Å². The summed E-state index contributed by atoms with van der Waals surface area (Å²) in [6.45, 7) is 2.76. The maximum Gasteiger partial charge on any atom is 0.106 e. The number of thiazole rings is 1. The summed E-state index contributed by atoms with van der Waals surface area (Å²) in [6.07, 6.45) is 6.00. The van der Waals surface area contributed by atoms with Crippen LogP contribution in [0.3, 0.4) is 0 Å². The Balaban J connectivity index is 1.62. The van der Waals surface area contributed by atoms with Crippen molar-refractivity contribution in [2.45, 2.75) is 31.9 Å². The zero-order valence-electron chi connectivity index (χ0n) is 8.24. The largest absolute Gasteiger partial charge is 0.377 e. The Kier molecular flexibility index (Phi) is 3.91. The Morgan fingerprint density at radius 3 is 3.29 bits per heavy atom. The van der Waals surface area contributed by atoms with Gasteiger partial charge in [0, 0.05) is 31.3 Å². The molecule has 1 aliphatic heterocycles. The number of rotatable bonds is 4. The van der Waals surface area contributed by atoms with Gasteiger partial charge in [-0.1, -0.05) is 0 Å². The predicted octanol–water partition coefficient (Wildman–Crippen LogP) is 1.80. The lowest BCUT2D eigenvalue weighted by molar-refractivity contribution is 0.0168. The van der Waals surface area contributed by atoms with E-state index in [1.54, 1.807) is 11.3 Å². The summed E-state index contributed by atoms with van der Waals surface area (Å²) in [4.78, 5) is 4.21. The highest BCUT2D eigenvalue weighted by molar-refractivity contribution is 7.09. The molecule has 0 spiro atoms. The van der Waals surface area contributed by atoms with Crippen LogP contribution in [0.5, 0.6) is 0 Å². The zero-order chi connectivity index (χ0) is 9.64. The van der Waals surface area contributed by atoms with Crippen LogP contribution in [0.1, 0.15) is 24.3 Å². The van der Waals surface area contributed by atoms with Crippen LogP contribution in [0.25, 0.3) is 0 Å². The average Bonchev–Trinajstić information content (AvgIpc) is 2.72. The summed E-state index contributed by atoms with van der Waals surface area (Å²) >= 11 is 1.70. The van der Waals surface area contributed by atoms with Crippen molar-refractivity contribution in [2.24, 2.45) is 0 Å². The Hall–Kier alpha value is -0.450. The summed E-state index contributed by atoms with van der Waals surface area (Å²) in [5, 5.41) is 6.54. The van der Waals surface area contributed by atoms with Crippen molar-refractivity contribution >= 4 is 11.3 Å². The molecule has 4 heteroatoms. The molecule has 0 saturated carbocycles. The van der Waals surface area contributed by atoms with Crippen LogP contribution in [0, 0.1) is 0 Å². The van der Waals surface area contributed by atoms with Gasteiger partial charge in [0.1, 0.15) is 5.01 Å². The van der Waals surface area contributed by atoms with E-state index >= 15 is 0 Å². The van der Waals surface area contributed by atoms with Gasteiger partial charge in [0.15, 0.2) is 0 Å². The number of nitrogens with one attached hydrogen (secondary N) is 1. The highest BCUT2D eigenvalue weighted by atomic mass is 32.1. The lowest BCUT2D eigenvalue weighted by Gasteiger charge is -2.22. The maximum absolute atomic E-state index is 5.62. The van der Waals surface area contributed by atoms with Crippen molar-refractivity contribution in [3.8, 4) is 0 Å². The van der Waals surface area contributed by atoms with Gasteiger partial charge in [-0.25, -0.2) is 4.98 Å². The number of ether oxygens (including phenoxy) is 1. The third kappa shape index (κ3) is 3.04. The second-order valence-corrected chi connectivity index (χ2v) is 4.52. The van der Waals surface area contributed by atoms with Crippen molar-refractivity contribution in [2.75, 3.05) is 13.2 Å². The molecule has 1 aliphatic rings. The highest BCUT2D eigenvalue weighted by Gasteiger charge is 2.12. The number of nitrogens with zero attached hydrogens (tertiary/aromatic N) is 1. The van der Waals surface area contributed by atoms with E-state index in [0.717, 1.165) is 24.7 Å². The van der Waals surface area contributed by atoms with Crippen LogP contribution < -0.4 is 5.32 Å². The van der Waals surface area contributed by atoms with Crippen molar-refractivity contribution < 1.29 is 4.74 Å². The van der Waals surface area contributed by atoms with Crippen LogP contribution in [0.2, 0.25) is 0 Å². The molecule has 1 aromatic rings. The van der Waals surface area contributed by atoms with Gasteiger partial charge in [-0.3, -0.25) is 0 Å². The molecule has 0 amide bonds. The van der Waals surface area contributed by atoms with E-state index in [-0.39, 0.29) is 0 Å². The Bertz CT molecular complexity index is 245. The van der Waals surface area contributed by atoms with Crippen molar-refractivity contribution in [1.29, 1.82) is 0 Å². The summed E-state index contributed by atoms with van der Waals surface area (Å²) < 4.78 is 5.62. The van der Waals surface area contributed by atoms with E-state index in [2.05, 4.69) is 10.3 Å². The van der Waals surface area contributed by atoms with Crippen molar-refractivity contribution in [3.05, 3.63) is 16.6 Å². The molecule has 1 fully saturated rings. The Morgan fingerprint density at radius 1 is 1.57 bits per heavy atom. The predicted molar refractivity (Wildman–Crippen MR) is 57.4 cm³/mol. The molecular formula is C10H16N2OS. The van der Waals surface area contributed by atoms with Crippen LogP contribution in [-0.2, 0) is 11.3 Å². The summed E-state index contributed by atoms with van der Waals surface area (Å²) in [5.41, 5.74) is 0. The van der Waals surface area contributed by atoms with Gasteiger partial charge in [-0.15, -0.1) is 11.3 Å². The van der Waals surface area contributed by atoms with E-state index in [0.29, 0.717) is 6.10 Å². The molecule has 0 radical (unpaired) electrons. The third-order valence-corrected chi connectivity index (χ3v) is 3.19. The SMILES string of the molecule is c1csc(CNCC2CCCCO2)n1. The normalized spacial score (nSPS) is 22.4. The van der Waals surface area contributed by atoms with Crippen molar-refractivity contribution in [3.63, 3.8) is 0 Å². The van der Waals surface area contributed by atoms with E-state index in [1.165, 1.54) is 19.3 Å². The van der Waals surface area contributed by atoms with E-state index < -0.39 is 0 Å². The van der Waals surface area contributed by atoms with Gasteiger partial charge in [0.25, 0.3) is 0 Å². The molecule has 0 bridgehead atoms. The van der Waals surface area contributed by atoms with E-state index in [9.17, 15) is 0 Å². The fourth-order valence-corrected chi connectivity index (χ4v) is 2.23. The first-order valence-corrected chi connectivity index (χ1v) is 6.04. The smallest absolute Gasteiger partial charge is 0.106 e. The molecule has 2 rings (SSSR count). The maximum atomic E-state index is 5.62. The van der Waals surface area contributed by atoms with E-state index in [4.69, 9.17) is 4.74 Å². The van der Waals surface area contributed by atoms with Gasteiger partial charge < -0.3 is 10.1 Å². The molecule has 0 aliphatic carbocycles. The van der Waals surface area contributed by atoms with Crippen LogP contribution >= 0.6 is 11.3 Å². The zero-order valence-corrected chi connectivity index (χ0v) is 9.05. The van der Waals surface area contributed by atoms with Crippen LogP contribution in [-0.4, -0.2) is 24.2 Å².